The highest BCUT2D eigenvalue weighted by molar-refractivity contribution is 7.85. The molecule has 0 saturated heterocycles. The second-order valence-electron chi connectivity index (χ2n) is 6.68. The fourth-order valence-corrected chi connectivity index (χ4v) is 2.72. The highest BCUT2D eigenvalue weighted by Gasteiger charge is 2.39. The lowest BCUT2D eigenvalue weighted by Gasteiger charge is -2.29. The van der Waals surface area contributed by atoms with Crippen LogP contribution in [0.5, 0.6) is 0 Å². The Morgan fingerprint density at radius 3 is 2.00 bits per heavy atom. The quantitative estimate of drug-likeness (QED) is 0.629. The van der Waals surface area contributed by atoms with Gasteiger partial charge in [0, 0.05) is 28.6 Å². The van der Waals surface area contributed by atoms with Crippen molar-refractivity contribution in [2.24, 2.45) is 0 Å². The number of anilines is 1. The van der Waals surface area contributed by atoms with Gasteiger partial charge in [-0.25, -0.2) is 13.0 Å². The lowest BCUT2D eigenvalue weighted by Crippen LogP contribution is -2.53. The first kappa shape index (κ1) is 22.5. The largest absolute Gasteiger partial charge is 0.382 e. The summed E-state index contributed by atoms with van der Waals surface area (Å²) in [6.45, 7) is 2.30. The van der Waals surface area contributed by atoms with E-state index in [1.54, 1.807) is 42.7 Å². The number of hydrogen-bond acceptors (Lipinski definition) is 3. The number of hydrogen-bond donors (Lipinski definition) is 3. The number of alkyl halides is 2. The zero-order chi connectivity index (χ0) is 21.6. The number of benzene rings is 2. The lowest BCUT2D eigenvalue weighted by molar-refractivity contribution is -0.0996. The number of rotatable bonds is 6. The maximum absolute atomic E-state index is 12.8. The third-order valence-electron chi connectivity index (χ3n) is 4.31. The van der Waals surface area contributed by atoms with Crippen molar-refractivity contribution in [1.29, 1.82) is 0 Å². The van der Waals surface area contributed by atoms with Crippen molar-refractivity contribution in [3.63, 3.8) is 0 Å². The molecule has 2 aromatic rings. The Balaban J connectivity index is 2.03. The van der Waals surface area contributed by atoms with Crippen molar-refractivity contribution >= 4 is 22.6 Å². The second-order valence-corrected chi connectivity index (χ2v) is 7.79. The molecular weight excluding hydrogens is 398 g/mol. The SMILES string of the molecule is CC(NC(=O)c1ccc(C#Cc2ccc(NS(C)=O)cc2)cc1)C(C)(O)C(F)F. The maximum atomic E-state index is 12.8. The Kier molecular flexibility index (Phi) is 7.48. The van der Waals surface area contributed by atoms with Crippen LogP contribution in [0.15, 0.2) is 48.5 Å². The first-order chi connectivity index (χ1) is 13.6. The van der Waals surface area contributed by atoms with E-state index >= 15 is 0 Å². The number of aliphatic hydroxyl groups is 1. The van der Waals surface area contributed by atoms with E-state index in [1.165, 1.54) is 19.1 Å². The minimum absolute atomic E-state index is 0.274. The van der Waals surface area contributed by atoms with Gasteiger partial charge in [-0.2, -0.15) is 0 Å². The molecule has 3 N–H and O–H groups in total. The summed E-state index contributed by atoms with van der Waals surface area (Å²) in [7, 11) is -1.14. The summed E-state index contributed by atoms with van der Waals surface area (Å²) in [4.78, 5) is 12.2. The molecule has 0 radical (unpaired) electrons. The number of nitrogens with one attached hydrogen (secondary N) is 2. The molecule has 2 rings (SSSR count). The lowest BCUT2D eigenvalue weighted by atomic mass is 9.98. The van der Waals surface area contributed by atoms with E-state index in [4.69, 9.17) is 0 Å². The molecule has 0 saturated carbocycles. The summed E-state index contributed by atoms with van der Waals surface area (Å²) in [5.41, 5.74) is 0.119. The van der Waals surface area contributed by atoms with E-state index in [0.29, 0.717) is 5.56 Å². The summed E-state index contributed by atoms with van der Waals surface area (Å²) in [6.07, 6.45) is -1.44. The normalized spacial score (nSPS) is 14.9. The van der Waals surface area contributed by atoms with Crippen LogP contribution >= 0.6 is 0 Å². The van der Waals surface area contributed by atoms with Gasteiger partial charge in [-0.05, 0) is 62.4 Å². The third kappa shape index (κ3) is 6.38. The Hall–Kier alpha value is -2.76. The maximum Gasteiger partial charge on any atom is 0.268 e. The van der Waals surface area contributed by atoms with Gasteiger partial charge in [0.1, 0.15) is 16.6 Å². The minimum atomic E-state index is -2.98. The van der Waals surface area contributed by atoms with Crippen LogP contribution in [0, 0.1) is 11.8 Å². The molecule has 0 bridgehead atoms. The summed E-state index contributed by atoms with van der Waals surface area (Å²) in [6, 6.07) is 12.4. The Labute approximate surface area is 171 Å². The molecule has 2 aromatic carbocycles. The van der Waals surface area contributed by atoms with Crippen LogP contribution in [0.4, 0.5) is 14.5 Å². The van der Waals surface area contributed by atoms with Gasteiger partial charge in [0.05, 0.1) is 6.04 Å². The second kappa shape index (κ2) is 9.63. The summed E-state index contributed by atoms with van der Waals surface area (Å²) < 4.78 is 39.6. The number of carbonyl (C=O) groups is 1. The van der Waals surface area contributed by atoms with Crippen LogP contribution < -0.4 is 10.0 Å². The number of halogens is 2. The molecule has 8 heteroatoms. The van der Waals surface area contributed by atoms with Crippen LogP contribution in [-0.2, 0) is 11.0 Å². The van der Waals surface area contributed by atoms with Crippen molar-refractivity contribution < 1.29 is 22.9 Å². The standard InChI is InChI=1S/C21H22F2N2O3S/c1-14(21(2,27)20(22)23)24-19(26)17-10-6-15(7-11-17)4-5-16-8-12-18(13-9-16)25-29(3)28/h6-14,20,25,27H,1-3H3,(H,24,26). The Morgan fingerprint density at radius 1 is 1.07 bits per heavy atom. The topological polar surface area (TPSA) is 78.4 Å². The highest BCUT2D eigenvalue weighted by atomic mass is 32.2. The van der Waals surface area contributed by atoms with Crippen molar-refractivity contribution in [1.82, 2.24) is 5.32 Å². The molecule has 0 aliphatic heterocycles. The minimum Gasteiger partial charge on any atom is -0.382 e. The average molecular weight is 420 g/mol. The van der Waals surface area contributed by atoms with Gasteiger partial charge in [0.15, 0.2) is 0 Å². The van der Waals surface area contributed by atoms with Crippen molar-refractivity contribution in [3.05, 3.63) is 65.2 Å². The van der Waals surface area contributed by atoms with Gasteiger partial charge in [-0.1, -0.05) is 11.8 Å². The van der Waals surface area contributed by atoms with Gasteiger partial charge < -0.3 is 15.1 Å². The van der Waals surface area contributed by atoms with E-state index in [0.717, 1.165) is 18.2 Å². The Bertz CT molecular complexity index is 933. The molecule has 0 aliphatic rings. The molecule has 1 amide bonds. The fourth-order valence-electron chi connectivity index (χ4n) is 2.25. The van der Waals surface area contributed by atoms with E-state index in [-0.39, 0.29) is 5.56 Å². The monoisotopic (exact) mass is 420 g/mol. The molecule has 154 valence electrons. The third-order valence-corrected chi connectivity index (χ3v) is 4.83. The van der Waals surface area contributed by atoms with Crippen molar-refractivity contribution in [3.8, 4) is 11.8 Å². The highest BCUT2D eigenvalue weighted by Crippen LogP contribution is 2.19. The first-order valence-corrected chi connectivity index (χ1v) is 10.3. The van der Waals surface area contributed by atoms with Crippen LogP contribution in [0.3, 0.4) is 0 Å². The first-order valence-electron chi connectivity index (χ1n) is 8.73. The molecule has 0 aromatic heterocycles. The molecule has 0 fully saturated rings. The van der Waals surface area contributed by atoms with Crippen LogP contribution in [0.1, 0.15) is 35.3 Å². The van der Waals surface area contributed by atoms with Gasteiger partial charge in [0.25, 0.3) is 12.3 Å². The van der Waals surface area contributed by atoms with Gasteiger partial charge in [-0.15, -0.1) is 0 Å². The molecular formula is C21H22F2N2O3S. The molecule has 0 heterocycles. The van der Waals surface area contributed by atoms with E-state index in [1.807, 2.05) is 0 Å². The smallest absolute Gasteiger partial charge is 0.268 e. The summed E-state index contributed by atoms with van der Waals surface area (Å²) in [5, 5.41) is 12.1. The van der Waals surface area contributed by atoms with Crippen molar-refractivity contribution in [2.75, 3.05) is 11.0 Å². The summed E-state index contributed by atoms with van der Waals surface area (Å²) >= 11 is 0. The number of carbonyl (C=O) groups excluding carboxylic acids is 1. The summed E-state index contributed by atoms with van der Waals surface area (Å²) in [5.74, 6) is 5.39. The van der Waals surface area contributed by atoms with Crippen LogP contribution in [-0.4, -0.2) is 39.5 Å². The molecule has 3 unspecified atom stereocenters. The zero-order valence-electron chi connectivity index (χ0n) is 16.2. The van der Waals surface area contributed by atoms with E-state index in [9.17, 15) is 22.9 Å². The van der Waals surface area contributed by atoms with Crippen LogP contribution in [0.2, 0.25) is 0 Å². The molecule has 3 atom stereocenters. The fraction of sp³-hybridized carbons (Fsp3) is 0.286. The predicted octanol–water partition coefficient (Wildman–Crippen LogP) is 2.93. The molecule has 0 aliphatic carbocycles. The Morgan fingerprint density at radius 2 is 1.55 bits per heavy atom. The van der Waals surface area contributed by atoms with Gasteiger partial charge in [0.2, 0.25) is 0 Å². The molecule has 0 spiro atoms. The number of amides is 1. The predicted molar refractivity (Wildman–Crippen MR) is 110 cm³/mol. The van der Waals surface area contributed by atoms with Crippen LogP contribution in [0.25, 0.3) is 0 Å². The molecule has 5 nitrogen and oxygen atoms in total. The average Bonchev–Trinajstić information content (AvgIpc) is 2.67. The van der Waals surface area contributed by atoms with Gasteiger partial charge >= 0.3 is 0 Å². The van der Waals surface area contributed by atoms with E-state index in [2.05, 4.69) is 21.9 Å². The van der Waals surface area contributed by atoms with E-state index < -0.39 is 35.0 Å². The van der Waals surface area contributed by atoms with Gasteiger partial charge in [-0.3, -0.25) is 4.79 Å². The zero-order valence-corrected chi connectivity index (χ0v) is 17.0. The van der Waals surface area contributed by atoms with Crippen molar-refractivity contribution in [2.45, 2.75) is 31.9 Å². The molecule has 29 heavy (non-hydrogen) atoms.